The summed E-state index contributed by atoms with van der Waals surface area (Å²) < 4.78 is 11.5. The van der Waals surface area contributed by atoms with Crippen LogP contribution in [0, 0.1) is 29.1 Å². The molecule has 4 aliphatic rings. The summed E-state index contributed by atoms with van der Waals surface area (Å²) in [5.41, 5.74) is -0.0237. The molecule has 1 heterocycles. The summed E-state index contributed by atoms with van der Waals surface area (Å²) >= 11 is 0. The Morgan fingerprint density at radius 3 is 2.73 bits per heavy atom. The molecule has 142 valence electrons. The third-order valence-electron chi connectivity index (χ3n) is 7.45. The fraction of sp³-hybridized carbons (Fsp3) is 0.714. The molecule has 0 radical (unpaired) electrons. The second kappa shape index (κ2) is 5.29. The smallest absolute Gasteiger partial charge is 0.334 e. The van der Waals surface area contributed by atoms with E-state index < -0.39 is 28.7 Å². The maximum atomic E-state index is 13.4. The van der Waals surface area contributed by atoms with Crippen molar-refractivity contribution in [1.29, 1.82) is 0 Å². The molecule has 3 aliphatic carbocycles. The summed E-state index contributed by atoms with van der Waals surface area (Å²) in [6.07, 6.45) is 5.65. The Bertz CT molecular complexity index is 750. The molecule has 0 aromatic carbocycles. The minimum atomic E-state index is -1.42. The summed E-state index contributed by atoms with van der Waals surface area (Å²) in [5, 5.41) is 11.7. The van der Waals surface area contributed by atoms with Gasteiger partial charge in [-0.3, -0.25) is 4.79 Å². The van der Waals surface area contributed by atoms with Crippen LogP contribution in [0.3, 0.4) is 0 Å². The van der Waals surface area contributed by atoms with Crippen molar-refractivity contribution >= 4 is 11.8 Å². The van der Waals surface area contributed by atoms with Gasteiger partial charge in [0.2, 0.25) is 0 Å². The number of hydrogen-bond donors (Lipinski definition) is 1. The largest absolute Gasteiger partial charge is 0.466 e. The monoisotopic (exact) mass is 360 g/mol. The standard InChI is InChI=1S/C21H28O5/c1-11(2)13-10-21(24)19(4)15-7-6-12(3)8-20(15,26-21)9-14(18(23)25-5)16(19)17(13)22/h6,9,11,13,15-16,24H,7-8,10H2,1-5H3/t13-,15-,16-,19-,20+,21+/m1/s1. The Labute approximate surface area is 154 Å². The first kappa shape index (κ1) is 17.9. The maximum Gasteiger partial charge on any atom is 0.334 e. The lowest BCUT2D eigenvalue weighted by Crippen LogP contribution is -2.62. The summed E-state index contributed by atoms with van der Waals surface area (Å²) in [5.74, 6) is -2.86. The van der Waals surface area contributed by atoms with E-state index in [1.807, 2.05) is 33.8 Å². The topological polar surface area (TPSA) is 72.8 Å². The normalized spacial score (nSPS) is 46.6. The molecular formula is C21H28O5. The van der Waals surface area contributed by atoms with Crippen LogP contribution in [0.2, 0.25) is 0 Å². The highest BCUT2D eigenvalue weighted by Gasteiger charge is 2.77. The molecule has 1 N–H and O–H groups in total. The van der Waals surface area contributed by atoms with E-state index in [0.29, 0.717) is 12.0 Å². The van der Waals surface area contributed by atoms with Crippen LogP contribution < -0.4 is 0 Å². The zero-order valence-corrected chi connectivity index (χ0v) is 16.2. The van der Waals surface area contributed by atoms with Crippen molar-refractivity contribution in [3.8, 4) is 0 Å². The van der Waals surface area contributed by atoms with Gasteiger partial charge in [0.1, 0.15) is 5.78 Å². The number of esters is 1. The van der Waals surface area contributed by atoms with Gasteiger partial charge in [0, 0.05) is 35.7 Å². The van der Waals surface area contributed by atoms with E-state index in [1.54, 1.807) is 0 Å². The molecule has 1 saturated carbocycles. The number of allylic oxidation sites excluding steroid dienone is 1. The molecule has 2 bridgehead atoms. The lowest BCUT2D eigenvalue weighted by Gasteiger charge is -2.54. The Balaban J connectivity index is 1.96. The maximum absolute atomic E-state index is 13.4. The molecule has 26 heavy (non-hydrogen) atoms. The first-order chi connectivity index (χ1) is 12.1. The van der Waals surface area contributed by atoms with Crippen molar-refractivity contribution in [2.45, 2.75) is 58.3 Å². The molecule has 4 rings (SSSR count). The predicted molar refractivity (Wildman–Crippen MR) is 94.9 cm³/mol. The van der Waals surface area contributed by atoms with Crippen molar-refractivity contribution < 1.29 is 24.2 Å². The van der Waals surface area contributed by atoms with E-state index in [1.165, 1.54) is 12.7 Å². The Morgan fingerprint density at radius 2 is 2.12 bits per heavy atom. The number of carbonyl (C=O) groups is 2. The van der Waals surface area contributed by atoms with Gasteiger partial charge in [-0.2, -0.15) is 0 Å². The highest BCUT2D eigenvalue weighted by atomic mass is 16.7. The molecule has 2 fully saturated rings. The van der Waals surface area contributed by atoms with Crippen LogP contribution >= 0.6 is 0 Å². The Kier molecular flexibility index (Phi) is 3.65. The van der Waals surface area contributed by atoms with Crippen molar-refractivity contribution in [2.75, 3.05) is 7.11 Å². The fourth-order valence-electron chi connectivity index (χ4n) is 6.17. The summed E-state index contributed by atoms with van der Waals surface area (Å²) in [6.45, 7) is 7.94. The lowest BCUT2D eigenvalue weighted by molar-refractivity contribution is -0.271. The molecule has 1 aliphatic heterocycles. The van der Waals surface area contributed by atoms with E-state index in [9.17, 15) is 14.7 Å². The number of ether oxygens (including phenoxy) is 2. The molecule has 0 spiro atoms. The van der Waals surface area contributed by atoms with Crippen molar-refractivity contribution in [3.05, 3.63) is 23.3 Å². The molecule has 0 aromatic heterocycles. The van der Waals surface area contributed by atoms with Gasteiger partial charge in [0.05, 0.1) is 18.6 Å². The highest BCUT2D eigenvalue weighted by molar-refractivity contribution is 6.00. The van der Waals surface area contributed by atoms with Crippen LogP contribution in [0.15, 0.2) is 23.3 Å². The van der Waals surface area contributed by atoms with Crippen LogP contribution in [0.1, 0.15) is 47.0 Å². The number of aliphatic hydroxyl groups is 1. The van der Waals surface area contributed by atoms with Crippen LogP contribution in [0.25, 0.3) is 0 Å². The van der Waals surface area contributed by atoms with Gasteiger partial charge < -0.3 is 14.6 Å². The molecule has 0 amide bonds. The van der Waals surface area contributed by atoms with Gasteiger partial charge in [-0.25, -0.2) is 4.79 Å². The summed E-state index contributed by atoms with van der Waals surface area (Å²) in [7, 11) is 1.34. The number of rotatable bonds is 2. The van der Waals surface area contributed by atoms with Gasteiger partial charge in [-0.1, -0.05) is 32.4 Å². The van der Waals surface area contributed by atoms with E-state index in [2.05, 4.69) is 6.08 Å². The van der Waals surface area contributed by atoms with Gasteiger partial charge in [-0.15, -0.1) is 0 Å². The summed E-state index contributed by atoms with van der Waals surface area (Å²) in [4.78, 5) is 26.1. The van der Waals surface area contributed by atoms with Crippen LogP contribution in [0.5, 0.6) is 0 Å². The highest BCUT2D eigenvalue weighted by Crippen LogP contribution is 2.70. The summed E-state index contributed by atoms with van der Waals surface area (Å²) in [6, 6.07) is 0. The Morgan fingerprint density at radius 1 is 1.42 bits per heavy atom. The van der Waals surface area contributed by atoms with Gasteiger partial charge in [0.15, 0.2) is 5.79 Å². The SMILES string of the molecule is COC(=O)C1=C[C@@]23CC(C)=CC[C@@H]2[C@]2(C)[C@H]1C(=O)[C@@H](C(C)C)C[C@]2(O)O3. The minimum absolute atomic E-state index is 0.0285. The third-order valence-corrected chi connectivity index (χ3v) is 7.45. The van der Waals surface area contributed by atoms with Crippen LogP contribution in [0.4, 0.5) is 0 Å². The molecule has 1 saturated heterocycles. The van der Waals surface area contributed by atoms with Crippen LogP contribution in [-0.2, 0) is 19.1 Å². The number of ketones is 1. The van der Waals surface area contributed by atoms with Gasteiger partial charge in [-0.05, 0) is 25.3 Å². The number of carbonyl (C=O) groups excluding carboxylic acids is 2. The Hall–Kier alpha value is -1.46. The molecule has 5 nitrogen and oxygen atoms in total. The molecule has 5 heteroatoms. The molecule has 0 aromatic rings. The van der Waals surface area contributed by atoms with Crippen molar-refractivity contribution in [2.24, 2.45) is 29.1 Å². The number of methoxy groups -OCH3 is 1. The quantitative estimate of drug-likeness (QED) is 0.605. The predicted octanol–water partition coefficient (Wildman–Crippen LogP) is 2.78. The molecular weight excluding hydrogens is 332 g/mol. The second-order valence-corrected chi connectivity index (χ2v) is 9.12. The average molecular weight is 360 g/mol. The number of Topliss-reactive ketones (excluding diaryl/α,β-unsaturated/α-hetero) is 1. The van der Waals surface area contributed by atoms with Crippen molar-refractivity contribution in [1.82, 2.24) is 0 Å². The number of hydrogen-bond acceptors (Lipinski definition) is 5. The molecule has 0 unspecified atom stereocenters. The zero-order chi connectivity index (χ0) is 19.1. The van der Waals surface area contributed by atoms with E-state index in [0.717, 1.165) is 6.42 Å². The fourth-order valence-corrected chi connectivity index (χ4v) is 6.17. The van der Waals surface area contributed by atoms with E-state index >= 15 is 0 Å². The van der Waals surface area contributed by atoms with Crippen molar-refractivity contribution in [3.63, 3.8) is 0 Å². The minimum Gasteiger partial charge on any atom is -0.466 e. The first-order valence-electron chi connectivity index (χ1n) is 9.52. The third kappa shape index (κ3) is 1.93. The van der Waals surface area contributed by atoms with Crippen LogP contribution in [-0.4, -0.2) is 35.4 Å². The van der Waals surface area contributed by atoms with Gasteiger partial charge >= 0.3 is 5.97 Å². The van der Waals surface area contributed by atoms with Gasteiger partial charge in [0.25, 0.3) is 0 Å². The lowest BCUT2D eigenvalue weighted by atomic mass is 9.47. The van der Waals surface area contributed by atoms with E-state index in [4.69, 9.17) is 9.47 Å². The first-order valence-corrected chi connectivity index (χ1v) is 9.52. The second-order valence-electron chi connectivity index (χ2n) is 9.12. The zero-order valence-electron chi connectivity index (χ0n) is 16.2. The van der Waals surface area contributed by atoms with E-state index in [-0.39, 0.29) is 30.0 Å². The average Bonchev–Trinajstić information content (AvgIpc) is 2.72. The molecule has 6 atom stereocenters.